The van der Waals surface area contributed by atoms with Gasteiger partial charge in [0.2, 0.25) is 0 Å². The van der Waals surface area contributed by atoms with Gasteiger partial charge in [-0.25, -0.2) is 0 Å². The summed E-state index contributed by atoms with van der Waals surface area (Å²) in [6.45, 7) is 16.2. The van der Waals surface area contributed by atoms with Crippen molar-refractivity contribution >= 4 is 0 Å². The summed E-state index contributed by atoms with van der Waals surface area (Å²) in [4.78, 5) is 20.4. The van der Waals surface area contributed by atoms with Crippen LogP contribution in [-0.4, -0.2) is 107 Å². The highest BCUT2D eigenvalue weighted by Gasteiger charge is 2.26. The Labute approximate surface area is 702 Å². The molecule has 0 saturated heterocycles. The molecular formula is C102H108BrN5O9. The summed E-state index contributed by atoms with van der Waals surface area (Å²) in [6, 6.07) is 92.2. The molecule has 9 aromatic carbocycles. The van der Waals surface area contributed by atoms with Crippen LogP contribution in [0.3, 0.4) is 0 Å². The predicted molar refractivity (Wildman–Crippen MR) is 467 cm³/mol. The number of quaternary nitrogens is 1. The van der Waals surface area contributed by atoms with E-state index in [9.17, 15) is 0 Å². The summed E-state index contributed by atoms with van der Waals surface area (Å²) in [6.07, 6.45) is 4.73. The molecule has 0 aliphatic carbocycles. The Kier molecular flexibility index (Phi) is 28.5. The SMILES string of the molecule is COc1ccc(-c2cc(C)nc(-c3cc(-c4ccc(OC)cc4)cc(CCCCOc4ccc(C(C)(C)c5ccc(OCC(COc6ccc(C(C)(C)c7ccc(OCCCCc8cc(-c9ccc(OC)cc9)cc(-c9cc(-c%10ccc(OC)cc%10)cc(C)n9)n8)cc7)cc6)OCc6cccc(C[N+](C)(C)C)c6)cc5)cc4)n3)c2)cc1.[Br-]. The van der Waals surface area contributed by atoms with E-state index in [1.165, 1.54) is 27.8 Å². The maximum absolute atomic E-state index is 6.69. The van der Waals surface area contributed by atoms with E-state index in [2.05, 4.69) is 267 Å². The number of ether oxygens (including phenoxy) is 9. The van der Waals surface area contributed by atoms with Gasteiger partial charge in [0.15, 0.2) is 0 Å². The van der Waals surface area contributed by atoms with Crippen LogP contribution < -0.4 is 54.9 Å². The van der Waals surface area contributed by atoms with Gasteiger partial charge in [0.25, 0.3) is 0 Å². The second-order valence-electron chi connectivity index (χ2n) is 31.9. The van der Waals surface area contributed by atoms with Gasteiger partial charge in [-0.2, -0.15) is 0 Å². The number of pyridine rings is 4. The Morgan fingerprint density at radius 3 is 0.940 bits per heavy atom. The van der Waals surface area contributed by atoms with Crippen molar-refractivity contribution in [2.24, 2.45) is 0 Å². The maximum atomic E-state index is 6.69. The van der Waals surface area contributed by atoms with Crippen LogP contribution in [0.25, 0.3) is 67.3 Å². The highest BCUT2D eigenvalue weighted by Crippen LogP contribution is 2.38. The molecule has 0 atom stereocenters. The molecule has 0 fully saturated rings. The lowest BCUT2D eigenvalue weighted by atomic mass is 9.78. The molecule has 0 radical (unpaired) electrons. The quantitative estimate of drug-likeness (QED) is 0.0270. The summed E-state index contributed by atoms with van der Waals surface area (Å²) in [5.41, 5.74) is 22.3. The molecule has 0 unspecified atom stereocenters. The molecule has 4 heterocycles. The van der Waals surface area contributed by atoms with Gasteiger partial charge in [-0.1, -0.05) is 143 Å². The summed E-state index contributed by atoms with van der Waals surface area (Å²) < 4.78 is 55.2. The zero-order valence-corrected chi connectivity index (χ0v) is 71.3. The Morgan fingerprint density at radius 1 is 0.316 bits per heavy atom. The molecule has 15 heteroatoms. The second kappa shape index (κ2) is 39.3. The van der Waals surface area contributed by atoms with Gasteiger partial charge in [0, 0.05) is 39.2 Å². The molecule has 0 aliphatic rings. The van der Waals surface area contributed by atoms with Gasteiger partial charge in [-0.3, -0.25) is 19.9 Å². The number of hydrogen-bond acceptors (Lipinski definition) is 13. The number of benzene rings is 9. The van der Waals surface area contributed by atoms with Crippen molar-refractivity contribution in [2.45, 2.75) is 110 Å². The van der Waals surface area contributed by atoms with Gasteiger partial charge >= 0.3 is 0 Å². The van der Waals surface area contributed by atoms with Crippen LogP contribution in [0.4, 0.5) is 0 Å². The van der Waals surface area contributed by atoms with E-state index in [-0.39, 0.29) is 33.9 Å². The first-order valence-corrected chi connectivity index (χ1v) is 40.1. The van der Waals surface area contributed by atoms with E-state index in [4.69, 9.17) is 62.6 Å². The van der Waals surface area contributed by atoms with Gasteiger partial charge in [0.1, 0.15) is 71.9 Å². The molecule has 14 nitrogen and oxygen atoms in total. The smallest absolute Gasteiger partial charge is 0.126 e. The minimum absolute atomic E-state index is 0. The summed E-state index contributed by atoms with van der Waals surface area (Å²) in [5.74, 6) is 6.45. The molecular weight excluding hydrogens is 1520 g/mol. The molecule has 0 saturated carbocycles. The third kappa shape index (κ3) is 22.9. The van der Waals surface area contributed by atoms with Crippen LogP contribution in [0.15, 0.2) is 267 Å². The molecule has 0 bridgehead atoms. The number of aromatic nitrogens is 4. The average Bonchev–Trinajstić information content (AvgIpc) is 0.813. The van der Waals surface area contributed by atoms with Crippen molar-refractivity contribution in [3.8, 4) is 113 Å². The van der Waals surface area contributed by atoms with Gasteiger partial charge in [-0.15, -0.1) is 0 Å². The van der Waals surface area contributed by atoms with Crippen LogP contribution in [-0.2, 0) is 41.6 Å². The van der Waals surface area contributed by atoms with Crippen LogP contribution >= 0.6 is 0 Å². The van der Waals surface area contributed by atoms with Crippen molar-refractivity contribution < 1.29 is 64.1 Å². The van der Waals surface area contributed by atoms with Gasteiger partial charge < -0.3 is 64.1 Å². The summed E-state index contributed by atoms with van der Waals surface area (Å²) in [7, 11) is 13.4. The molecule has 0 amide bonds. The molecule has 13 aromatic rings. The number of rotatable bonds is 37. The first-order valence-electron chi connectivity index (χ1n) is 40.1. The van der Waals surface area contributed by atoms with E-state index >= 15 is 0 Å². The molecule has 4 aromatic heterocycles. The van der Waals surface area contributed by atoms with Crippen molar-refractivity contribution in [3.05, 3.63) is 323 Å². The Balaban J connectivity index is 0.0000126. The fourth-order valence-electron chi connectivity index (χ4n) is 14.6. The van der Waals surface area contributed by atoms with Crippen molar-refractivity contribution in [3.63, 3.8) is 0 Å². The first-order chi connectivity index (χ1) is 56.1. The molecule has 0 aliphatic heterocycles. The van der Waals surface area contributed by atoms with Crippen LogP contribution in [0.1, 0.15) is 110 Å². The number of methoxy groups -OCH3 is 4. The van der Waals surface area contributed by atoms with E-state index in [0.29, 0.717) is 33.0 Å². The standard InChI is InChI=1S/C102H108N5O9.BrH/c1-70-57-78(74-23-39-88(108-10)40-24-74)62-97(103-70)99-64-80(76-27-43-90(110-12)44-28-76)60-86(105-99)21-14-16-55-112-92-47-31-82(32-48-92)101(3,4)84-35-51-94(52-36-84)115-68-96(114-67-73-20-18-19-72(59-73)66-107(7,8)9)69-116-95-53-37-85(38-54-95)102(5,6)83-33-49-93(50-34-83)113-56-17-15-22-87-61-81(77-29-45-91(111-13)46-30-77)65-100(106-87)98-63-79(58-71(2)104-98)75-25-41-89(109-11)42-26-75;/h18-20,23-54,57-65,96H,14-17,21-22,55-56,66-69H2,1-13H3;1H/q+1;/p-1. The van der Waals surface area contributed by atoms with Gasteiger partial charge in [0.05, 0.1) is 92.2 Å². The van der Waals surface area contributed by atoms with Crippen LogP contribution in [0.2, 0.25) is 0 Å². The monoisotopic (exact) mass is 1630 g/mol. The van der Waals surface area contributed by atoms with E-state index in [0.717, 1.165) is 191 Å². The Morgan fingerprint density at radius 2 is 0.615 bits per heavy atom. The lowest BCUT2D eigenvalue weighted by Gasteiger charge is -2.27. The lowest BCUT2D eigenvalue weighted by Crippen LogP contribution is -3.00. The average molecular weight is 1630 g/mol. The van der Waals surface area contributed by atoms with E-state index in [1.807, 2.05) is 62.4 Å². The van der Waals surface area contributed by atoms with Gasteiger partial charge in [-0.05, 0) is 276 Å². The summed E-state index contributed by atoms with van der Waals surface area (Å²) >= 11 is 0. The molecule has 0 spiro atoms. The van der Waals surface area contributed by atoms with Crippen LogP contribution in [0, 0.1) is 13.8 Å². The minimum Gasteiger partial charge on any atom is -1.00 e. The Hall–Kier alpha value is -11.6. The van der Waals surface area contributed by atoms with E-state index in [1.54, 1.807) is 28.4 Å². The van der Waals surface area contributed by atoms with E-state index < -0.39 is 0 Å². The number of unbranched alkanes of at least 4 members (excludes halogenated alkanes) is 2. The fraction of sp³-hybridized carbons (Fsp3) is 0.275. The topological polar surface area (TPSA) is 135 Å². The fourth-order valence-corrected chi connectivity index (χ4v) is 14.6. The number of aryl methyl sites for hydroxylation is 4. The molecule has 117 heavy (non-hydrogen) atoms. The Bertz CT molecular complexity index is 5060. The summed E-state index contributed by atoms with van der Waals surface area (Å²) in [5, 5.41) is 0. The maximum Gasteiger partial charge on any atom is 0.126 e. The number of nitrogens with zero attached hydrogens (tertiary/aromatic N) is 5. The predicted octanol–water partition coefficient (Wildman–Crippen LogP) is 19.6. The third-order valence-corrected chi connectivity index (χ3v) is 21.4. The second-order valence-corrected chi connectivity index (χ2v) is 31.9. The van der Waals surface area contributed by atoms with Crippen molar-refractivity contribution in [2.75, 3.05) is 76.0 Å². The molecule has 0 N–H and O–H groups in total. The number of hydrogen-bond donors (Lipinski definition) is 0. The minimum atomic E-state index is -0.376. The zero-order chi connectivity index (χ0) is 81.2. The first kappa shape index (κ1) is 84.8. The van der Waals surface area contributed by atoms with Crippen LogP contribution in [0.5, 0.6) is 46.0 Å². The lowest BCUT2D eigenvalue weighted by molar-refractivity contribution is -0.884. The molecule has 602 valence electrons. The highest BCUT2D eigenvalue weighted by atomic mass is 79.9. The largest absolute Gasteiger partial charge is 1.00 e. The van der Waals surface area contributed by atoms with Crippen molar-refractivity contribution in [1.29, 1.82) is 0 Å². The normalized spacial score (nSPS) is 11.6. The molecule has 13 rings (SSSR count). The van der Waals surface area contributed by atoms with Crippen molar-refractivity contribution in [1.82, 2.24) is 19.9 Å². The zero-order valence-electron chi connectivity index (χ0n) is 69.8. The number of halogens is 1. The third-order valence-electron chi connectivity index (χ3n) is 21.4. The highest BCUT2D eigenvalue weighted by molar-refractivity contribution is 5.76.